The number of hydroxylamine groups is 1. The van der Waals surface area contributed by atoms with E-state index in [1.807, 2.05) is 12.1 Å². The summed E-state index contributed by atoms with van der Waals surface area (Å²) in [5.74, 6) is -0.552. The van der Waals surface area contributed by atoms with Crippen molar-refractivity contribution >= 4 is 22.5 Å². The number of pyridine rings is 1. The van der Waals surface area contributed by atoms with Crippen LogP contribution in [-0.2, 0) is 0 Å². The van der Waals surface area contributed by atoms with Gasteiger partial charge in [0.1, 0.15) is 0 Å². The normalized spacial score (nSPS) is 10.5. The van der Waals surface area contributed by atoms with Crippen molar-refractivity contribution in [3.63, 3.8) is 0 Å². The molecule has 1 amide bonds. The molecule has 6 heteroatoms. The highest BCUT2D eigenvalue weighted by molar-refractivity contribution is 5.96. The van der Waals surface area contributed by atoms with E-state index in [0.717, 1.165) is 27.7 Å². The van der Waals surface area contributed by atoms with Gasteiger partial charge in [0.05, 0.1) is 11.2 Å². The molecule has 0 aliphatic carbocycles. The van der Waals surface area contributed by atoms with Crippen LogP contribution in [0.1, 0.15) is 10.4 Å². The molecule has 0 bridgehead atoms. The lowest BCUT2D eigenvalue weighted by Gasteiger charge is -2.10. The lowest BCUT2D eigenvalue weighted by molar-refractivity contribution is 0.0706. The quantitative estimate of drug-likeness (QED) is 0.441. The smallest absolute Gasteiger partial charge is 0.274 e. The molecular formula is C17H15N3O3. The Balaban J connectivity index is 2.11. The van der Waals surface area contributed by atoms with Crippen LogP contribution in [0.2, 0.25) is 0 Å². The van der Waals surface area contributed by atoms with E-state index in [0.29, 0.717) is 5.56 Å². The molecule has 0 atom stereocenters. The second-order valence-electron chi connectivity index (χ2n) is 5.08. The van der Waals surface area contributed by atoms with Crippen molar-refractivity contribution in [2.24, 2.45) is 0 Å². The summed E-state index contributed by atoms with van der Waals surface area (Å²) in [4.78, 5) is 25.7. The molecule has 23 heavy (non-hydrogen) atoms. The van der Waals surface area contributed by atoms with E-state index in [9.17, 15) is 9.59 Å². The third-order valence-corrected chi connectivity index (χ3v) is 3.68. The van der Waals surface area contributed by atoms with Crippen LogP contribution in [0.5, 0.6) is 0 Å². The number of nitrogens with one attached hydrogen (secondary N) is 3. The maximum Gasteiger partial charge on any atom is 0.274 e. The van der Waals surface area contributed by atoms with Crippen LogP contribution in [0.15, 0.2) is 53.3 Å². The van der Waals surface area contributed by atoms with E-state index < -0.39 is 5.91 Å². The Morgan fingerprint density at radius 3 is 2.43 bits per heavy atom. The first kappa shape index (κ1) is 14.8. The average molecular weight is 309 g/mol. The monoisotopic (exact) mass is 309 g/mol. The van der Waals surface area contributed by atoms with Gasteiger partial charge in [0.15, 0.2) is 0 Å². The van der Waals surface area contributed by atoms with Crippen LogP contribution in [0, 0.1) is 0 Å². The van der Waals surface area contributed by atoms with E-state index in [-0.39, 0.29) is 5.56 Å². The Bertz CT molecular complexity index is 930. The van der Waals surface area contributed by atoms with Crippen molar-refractivity contribution in [1.82, 2.24) is 10.5 Å². The van der Waals surface area contributed by atoms with Crippen LogP contribution in [0.25, 0.3) is 22.0 Å². The van der Waals surface area contributed by atoms with E-state index in [1.54, 1.807) is 42.9 Å². The first-order valence-corrected chi connectivity index (χ1v) is 7.02. The van der Waals surface area contributed by atoms with E-state index in [4.69, 9.17) is 5.21 Å². The molecule has 3 aromatic rings. The average Bonchev–Trinajstić information content (AvgIpc) is 2.60. The largest absolute Gasteiger partial charge is 0.386 e. The van der Waals surface area contributed by atoms with E-state index in [2.05, 4.69) is 10.3 Å². The maximum atomic E-state index is 11.5. The van der Waals surface area contributed by atoms with Crippen molar-refractivity contribution in [2.75, 3.05) is 12.4 Å². The van der Waals surface area contributed by atoms with E-state index >= 15 is 0 Å². The number of benzene rings is 2. The highest BCUT2D eigenvalue weighted by Crippen LogP contribution is 2.29. The van der Waals surface area contributed by atoms with Gasteiger partial charge in [-0.2, -0.15) is 0 Å². The molecule has 1 aromatic heterocycles. The summed E-state index contributed by atoms with van der Waals surface area (Å²) in [5.41, 5.74) is 5.26. The molecule has 4 N–H and O–H groups in total. The highest BCUT2D eigenvalue weighted by atomic mass is 16.5. The number of carbonyl (C=O) groups excluding carboxylic acids is 1. The molecule has 1 heterocycles. The van der Waals surface area contributed by atoms with Gasteiger partial charge >= 0.3 is 0 Å². The first-order chi connectivity index (χ1) is 11.1. The number of H-pyrrole nitrogens is 1. The molecule has 0 saturated carbocycles. The maximum absolute atomic E-state index is 11.5. The van der Waals surface area contributed by atoms with Gasteiger partial charge in [-0.3, -0.25) is 14.8 Å². The summed E-state index contributed by atoms with van der Waals surface area (Å²) >= 11 is 0. The van der Waals surface area contributed by atoms with Crippen LogP contribution in [0.4, 0.5) is 5.69 Å². The minimum absolute atomic E-state index is 0.152. The standard InChI is InChI=1S/C17H15N3O3/c1-18-14-9-13(8-12-6-7-15(21)19-16(12)14)10-2-4-11(5-3-10)17(22)20-23/h2-9,18,23H,1H3,(H,19,21)(H,20,22). The number of aromatic nitrogens is 1. The van der Waals surface area contributed by atoms with Crippen LogP contribution >= 0.6 is 0 Å². The molecule has 0 aliphatic heterocycles. The van der Waals surface area contributed by atoms with Gasteiger partial charge in [-0.15, -0.1) is 0 Å². The zero-order chi connectivity index (χ0) is 16.4. The van der Waals surface area contributed by atoms with Gasteiger partial charge in [-0.1, -0.05) is 12.1 Å². The zero-order valence-electron chi connectivity index (χ0n) is 12.4. The minimum Gasteiger partial charge on any atom is -0.386 e. The van der Waals surface area contributed by atoms with Gasteiger partial charge in [0, 0.05) is 24.1 Å². The number of anilines is 1. The Hall–Kier alpha value is -3.12. The Morgan fingerprint density at radius 1 is 1.04 bits per heavy atom. The first-order valence-electron chi connectivity index (χ1n) is 7.02. The van der Waals surface area contributed by atoms with Crippen LogP contribution in [-0.4, -0.2) is 23.1 Å². The van der Waals surface area contributed by atoms with Gasteiger partial charge in [-0.05, 0) is 41.5 Å². The molecule has 0 fully saturated rings. The zero-order valence-corrected chi connectivity index (χ0v) is 12.4. The predicted molar refractivity (Wildman–Crippen MR) is 88.8 cm³/mol. The lowest BCUT2D eigenvalue weighted by Crippen LogP contribution is -2.18. The van der Waals surface area contributed by atoms with Crippen molar-refractivity contribution in [2.45, 2.75) is 0 Å². The summed E-state index contributed by atoms with van der Waals surface area (Å²) in [6.45, 7) is 0. The minimum atomic E-state index is -0.552. The van der Waals surface area contributed by atoms with Gasteiger partial charge < -0.3 is 10.3 Å². The van der Waals surface area contributed by atoms with E-state index in [1.165, 1.54) is 6.07 Å². The predicted octanol–water partition coefficient (Wildman–Crippen LogP) is 2.36. The summed E-state index contributed by atoms with van der Waals surface area (Å²) in [7, 11) is 1.79. The molecule has 0 radical (unpaired) electrons. The lowest BCUT2D eigenvalue weighted by atomic mass is 10.0. The highest BCUT2D eigenvalue weighted by Gasteiger charge is 2.08. The molecule has 116 valence electrons. The number of hydrogen-bond acceptors (Lipinski definition) is 4. The third kappa shape index (κ3) is 2.79. The topological polar surface area (TPSA) is 94.2 Å². The molecule has 0 saturated heterocycles. The number of carbonyl (C=O) groups is 1. The van der Waals surface area contributed by atoms with Gasteiger partial charge in [0.2, 0.25) is 5.56 Å². The van der Waals surface area contributed by atoms with Crippen molar-refractivity contribution in [1.29, 1.82) is 0 Å². The second kappa shape index (κ2) is 5.94. The summed E-state index contributed by atoms with van der Waals surface area (Å²) < 4.78 is 0. The molecule has 0 aliphatic rings. The molecule has 0 spiro atoms. The summed E-state index contributed by atoms with van der Waals surface area (Å²) in [6.07, 6.45) is 0. The molecule has 3 rings (SSSR count). The number of amides is 1. The Morgan fingerprint density at radius 2 is 1.78 bits per heavy atom. The van der Waals surface area contributed by atoms with Gasteiger partial charge in [0.25, 0.3) is 5.91 Å². The number of aromatic amines is 1. The molecule has 6 nitrogen and oxygen atoms in total. The Labute approximate surface area is 131 Å². The Kier molecular flexibility index (Phi) is 3.82. The number of rotatable bonds is 3. The number of hydrogen-bond donors (Lipinski definition) is 4. The van der Waals surface area contributed by atoms with Crippen LogP contribution < -0.4 is 16.4 Å². The SMILES string of the molecule is CNc1cc(-c2ccc(C(=O)NO)cc2)cc2ccc(=O)[nH]c12. The van der Waals surface area contributed by atoms with Gasteiger partial charge in [-0.25, -0.2) is 5.48 Å². The summed E-state index contributed by atoms with van der Waals surface area (Å²) in [6, 6.07) is 14.0. The van der Waals surface area contributed by atoms with Crippen LogP contribution in [0.3, 0.4) is 0 Å². The number of fused-ring (bicyclic) bond motifs is 1. The fraction of sp³-hybridized carbons (Fsp3) is 0.0588. The molecule has 2 aromatic carbocycles. The third-order valence-electron chi connectivity index (χ3n) is 3.68. The van der Waals surface area contributed by atoms with Crippen molar-refractivity contribution in [3.05, 3.63) is 64.4 Å². The fourth-order valence-corrected chi connectivity index (χ4v) is 2.51. The second-order valence-corrected chi connectivity index (χ2v) is 5.08. The summed E-state index contributed by atoms with van der Waals surface area (Å²) in [5, 5.41) is 12.6. The van der Waals surface area contributed by atoms with Crippen molar-refractivity contribution in [3.8, 4) is 11.1 Å². The molecular weight excluding hydrogens is 294 g/mol. The molecule has 0 unspecified atom stereocenters. The fourth-order valence-electron chi connectivity index (χ4n) is 2.51. The van der Waals surface area contributed by atoms with Crippen molar-refractivity contribution < 1.29 is 10.0 Å².